The minimum Gasteiger partial charge on any atom is -0.222 e. The quantitative estimate of drug-likeness (QED) is 0.650. The number of hydrazine groups is 3. The van der Waals surface area contributed by atoms with E-state index in [0.717, 1.165) is 0 Å². The van der Waals surface area contributed by atoms with Crippen LogP contribution in [0.5, 0.6) is 0 Å². The van der Waals surface area contributed by atoms with Gasteiger partial charge < -0.3 is 0 Å². The Morgan fingerprint density at radius 3 is 0.812 bits per heavy atom. The zero-order valence-electron chi connectivity index (χ0n) is 12.4. The standard InChI is InChI=1S/C12H30N4/c1-10(2,3)13-16(14-11(4,5)6)15-12(7,8)9/h13-15H,1-9H3. The summed E-state index contributed by atoms with van der Waals surface area (Å²) in [6, 6.07) is 0. The van der Waals surface area contributed by atoms with Gasteiger partial charge in [0.25, 0.3) is 0 Å². The fourth-order valence-corrected chi connectivity index (χ4v) is 1.09. The average Bonchev–Trinajstić information content (AvgIpc) is 1.70. The number of nitrogens with one attached hydrogen (secondary N) is 3. The van der Waals surface area contributed by atoms with Gasteiger partial charge in [-0.15, -0.1) is 5.23 Å². The van der Waals surface area contributed by atoms with E-state index in [0.29, 0.717) is 0 Å². The highest BCUT2D eigenvalue weighted by Gasteiger charge is 2.23. The lowest BCUT2D eigenvalue weighted by Gasteiger charge is -2.40. The number of hydrogen-bond donors (Lipinski definition) is 3. The van der Waals surface area contributed by atoms with Crippen molar-refractivity contribution >= 4 is 0 Å². The SMILES string of the molecule is CC(C)(C)NN(NC(C)(C)C)NC(C)(C)C. The largest absolute Gasteiger partial charge is 0.222 e. The van der Waals surface area contributed by atoms with Crippen molar-refractivity contribution in [3.05, 3.63) is 0 Å². The minimum absolute atomic E-state index is 0.0104. The predicted octanol–water partition coefficient (Wildman–Crippen LogP) is 2.20. The molecule has 0 saturated heterocycles. The Bertz CT molecular complexity index is 166. The van der Waals surface area contributed by atoms with Crippen LogP contribution in [0, 0.1) is 0 Å². The summed E-state index contributed by atoms with van der Waals surface area (Å²) in [7, 11) is 0. The molecule has 0 fully saturated rings. The summed E-state index contributed by atoms with van der Waals surface area (Å²) < 4.78 is 0. The van der Waals surface area contributed by atoms with Crippen molar-refractivity contribution in [2.45, 2.75) is 78.9 Å². The van der Waals surface area contributed by atoms with E-state index < -0.39 is 0 Å². The van der Waals surface area contributed by atoms with Crippen molar-refractivity contribution in [2.75, 3.05) is 0 Å². The summed E-state index contributed by atoms with van der Waals surface area (Å²) in [6.45, 7) is 19.2. The molecule has 0 aliphatic carbocycles. The molecule has 0 unspecified atom stereocenters. The van der Waals surface area contributed by atoms with Crippen LogP contribution in [-0.2, 0) is 0 Å². The van der Waals surface area contributed by atoms with Crippen LogP contribution < -0.4 is 16.3 Å². The molecule has 0 amide bonds. The molecule has 4 nitrogen and oxygen atoms in total. The summed E-state index contributed by atoms with van der Waals surface area (Å²) in [4.78, 5) is 0. The molecule has 0 saturated carbocycles. The second-order valence-corrected chi connectivity index (χ2v) is 7.42. The molecular formula is C12H30N4. The van der Waals surface area contributed by atoms with Gasteiger partial charge in [-0.3, -0.25) is 0 Å². The van der Waals surface area contributed by atoms with E-state index in [9.17, 15) is 0 Å². The molecule has 0 spiro atoms. The highest BCUT2D eigenvalue weighted by molar-refractivity contribution is 4.74. The van der Waals surface area contributed by atoms with E-state index in [2.05, 4.69) is 78.6 Å². The third-order valence-electron chi connectivity index (χ3n) is 1.34. The van der Waals surface area contributed by atoms with E-state index in [4.69, 9.17) is 0 Å². The van der Waals surface area contributed by atoms with E-state index in [1.54, 1.807) is 0 Å². The molecule has 0 aromatic rings. The maximum atomic E-state index is 3.38. The third kappa shape index (κ3) is 10.4. The first-order valence-corrected chi connectivity index (χ1v) is 5.92. The Balaban J connectivity index is 4.53. The molecule has 4 heteroatoms. The molecule has 98 valence electrons. The number of rotatable bonds is 3. The van der Waals surface area contributed by atoms with E-state index in [1.807, 2.05) is 5.23 Å². The van der Waals surface area contributed by atoms with Gasteiger partial charge in [-0.25, -0.2) is 16.3 Å². The van der Waals surface area contributed by atoms with Crippen molar-refractivity contribution in [1.29, 1.82) is 0 Å². The topological polar surface area (TPSA) is 39.3 Å². The smallest absolute Gasteiger partial charge is 0.0268 e. The lowest BCUT2D eigenvalue weighted by Crippen LogP contribution is -2.68. The van der Waals surface area contributed by atoms with Crippen molar-refractivity contribution in [2.24, 2.45) is 0 Å². The van der Waals surface area contributed by atoms with Gasteiger partial charge >= 0.3 is 0 Å². The molecule has 0 bridgehead atoms. The molecule has 0 aromatic heterocycles. The monoisotopic (exact) mass is 230 g/mol. The summed E-state index contributed by atoms with van der Waals surface area (Å²) in [5.41, 5.74) is 10.2. The molecule has 0 atom stereocenters. The Labute approximate surface area is 101 Å². The van der Waals surface area contributed by atoms with Crippen molar-refractivity contribution in [3.63, 3.8) is 0 Å². The van der Waals surface area contributed by atoms with E-state index >= 15 is 0 Å². The van der Waals surface area contributed by atoms with Crippen LogP contribution in [0.15, 0.2) is 0 Å². The summed E-state index contributed by atoms with van der Waals surface area (Å²) in [5, 5.41) is 1.88. The summed E-state index contributed by atoms with van der Waals surface area (Å²) in [5.74, 6) is 0. The van der Waals surface area contributed by atoms with E-state index in [1.165, 1.54) is 0 Å². The Kier molecular flexibility index (Phi) is 4.95. The highest BCUT2D eigenvalue weighted by Crippen LogP contribution is 2.06. The summed E-state index contributed by atoms with van der Waals surface area (Å²) in [6.07, 6.45) is 0. The first-order chi connectivity index (χ1) is 6.79. The maximum absolute atomic E-state index is 3.38. The van der Waals surface area contributed by atoms with E-state index in [-0.39, 0.29) is 16.6 Å². The molecule has 0 heterocycles. The van der Waals surface area contributed by atoms with Gasteiger partial charge in [-0.1, -0.05) is 0 Å². The van der Waals surface area contributed by atoms with Crippen LogP contribution >= 0.6 is 0 Å². The predicted molar refractivity (Wildman–Crippen MR) is 70.5 cm³/mol. The van der Waals surface area contributed by atoms with Crippen molar-refractivity contribution in [3.8, 4) is 0 Å². The lowest BCUT2D eigenvalue weighted by atomic mass is 10.1. The molecule has 0 aliphatic rings. The normalized spacial score (nSPS) is 14.6. The number of hydrogen-bond acceptors (Lipinski definition) is 4. The minimum atomic E-state index is 0.0104. The van der Waals surface area contributed by atoms with Crippen LogP contribution in [0.1, 0.15) is 62.3 Å². The van der Waals surface area contributed by atoms with Crippen molar-refractivity contribution in [1.82, 2.24) is 21.5 Å². The van der Waals surface area contributed by atoms with Gasteiger partial charge in [-0.05, 0) is 62.3 Å². The zero-order chi connectivity index (χ0) is 13.2. The first-order valence-electron chi connectivity index (χ1n) is 5.92. The third-order valence-corrected chi connectivity index (χ3v) is 1.34. The highest BCUT2D eigenvalue weighted by atomic mass is 15.9. The zero-order valence-corrected chi connectivity index (χ0v) is 12.4. The molecule has 0 aromatic carbocycles. The van der Waals surface area contributed by atoms with Gasteiger partial charge in [0.1, 0.15) is 0 Å². The maximum Gasteiger partial charge on any atom is 0.0268 e. The van der Waals surface area contributed by atoms with Gasteiger partial charge in [-0.2, -0.15) is 0 Å². The van der Waals surface area contributed by atoms with Crippen molar-refractivity contribution < 1.29 is 0 Å². The Hall–Kier alpha value is -0.160. The second-order valence-electron chi connectivity index (χ2n) is 7.42. The fraction of sp³-hybridized carbons (Fsp3) is 1.00. The molecule has 3 N–H and O–H groups in total. The van der Waals surface area contributed by atoms with Crippen LogP contribution in [0.4, 0.5) is 0 Å². The number of nitrogens with zero attached hydrogens (tertiary/aromatic N) is 1. The van der Waals surface area contributed by atoms with Crippen LogP contribution in [-0.4, -0.2) is 21.8 Å². The van der Waals surface area contributed by atoms with Crippen LogP contribution in [0.2, 0.25) is 0 Å². The lowest BCUT2D eigenvalue weighted by molar-refractivity contribution is -0.0433. The first kappa shape index (κ1) is 15.8. The average molecular weight is 230 g/mol. The van der Waals surface area contributed by atoms with Gasteiger partial charge in [0.05, 0.1) is 0 Å². The Morgan fingerprint density at radius 2 is 0.688 bits per heavy atom. The second kappa shape index (κ2) is 5.00. The van der Waals surface area contributed by atoms with Crippen LogP contribution in [0.3, 0.4) is 0 Å². The fourth-order valence-electron chi connectivity index (χ4n) is 1.09. The molecule has 0 aliphatic heterocycles. The summed E-state index contributed by atoms with van der Waals surface area (Å²) >= 11 is 0. The Morgan fingerprint density at radius 1 is 0.500 bits per heavy atom. The molecular weight excluding hydrogens is 200 g/mol. The molecule has 16 heavy (non-hydrogen) atoms. The molecule has 0 radical (unpaired) electrons. The van der Waals surface area contributed by atoms with Crippen LogP contribution in [0.25, 0.3) is 0 Å². The van der Waals surface area contributed by atoms with Gasteiger partial charge in [0.2, 0.25) is 0 Å². The van der Waals surface area contributed by atoms with Gasteiger partial charge in [0, 0.05) is 16.6 Å². The van der Waals surface area contributed by atoms with Gasteiger partial charge in [0.15, 0.2) is 0 Å². The molecule has 0 rings (SSSR count).